The molecule has 5 rings (SSSR count). The summed E-state index contributed by atoms with van der Waals surface area (Å²) in [5.74, 6) is -0.744. The number of fused-ring (bicyclic) bond motifs is 3. The molecule has 0 fully saturated rings. The summed E-state index contributed by atoms with van der Waals surface area (Å²) in [6.07, 6.45) is 1.68. The number of hydrogen-bond acceptors (Lipinski definition) is 2. The van der Waals surface area contributed by atoms with Gasteiger partial charge in [0.15, 0.2) is 0 Å². The van der Waals surface area contributed by atoms with Crippen LogP contribution in [0.15, 0.2) is 67.0 Å². The van der Waals surface area contributed by atoms with Gasteiger partial charge in [-0.25, -0.2) is 13.5 Å². The minimum Gasteiger partial charge on any atom is -0.284 e. The van der Waals surface area contributed by atoms with Gasteiger partial charge in [0, 0.05) is 16.7 Å². The number of aromatic nitrogens is 2. The SMILES string of the molecule is C[n+]1cn(Cc2ccccc2F)c2c1C(=O)c1cc3ccccc3cc1C2=O. The molecule has 0 N–H and O–H groups in total. The first kappa shape index (κ1) is 16.6. The maximum atomic E-state index is 14.1. The second-order valence-electron chi connectivity index (χ2n) is 7.05. The highest BCUT2D eigenvalue weighted by atomic mass is 19.1. The molecule has 1 aromatic heterocycles. The van der Waals surface area contributed by atoms with Crippen LogP contribution in [0, 0.1) is 5.82 Å². The highest BCUT2D eigenvalue weighted by Gasteiger charge is 2.40. The Hall–Kier alpha value is -3.60. The quantitative estimate of drug-likeness (QED) is 0.446. The van der Waals surface area contributed by atoms with Crippen molar-refractivity contribution in [1.29, 1.82) is 0 Å². The molecular formula is C23H16FN2O2+. The highest BCUT2D eigenvalue weighted by Crippen LogP contribution is 2.30. The number of ketones is 2. The molecule has 28 heavy (non-hydrogen) atoms. The van der Waals surface area contributed by atoms with Crippen LogP contribution in [0.1, 0.15) is 37.7 Å². The molecule has 0 spiro atoms. The van der Waals surface area contributed by atoms with E-state index in [1.54, 1.807) is 52.8 Å². The molecule has 4 nitrogen and oxygen atoms in total. The zero-order valence-corrected chi connectivity index (χ0v) is 15.1. The Bertz CT molecular complexity index is 1300. The van der Waals surface area contributed by atoms with Gasteiger partial charge in [-0.2, -0.15) is 0 Å². The fraction of sp³-hybridized carbons (Fsp3) is 0.0870. The first-order valence-corrected chi connectivity index (χ1v) is 8.99. The molecule has 0 atom stereocenters. The van der Waals surface area contributed by atoms with Gasteiger partial charge < -0.3 is 0 Å². The van der Waals surface area contributed by atoms with Gasteiger partial charge >= 0.3 is 0 Å². The molecule has 0 saturated heterocycles. The molecule has 3 aromatic carbocycles. The standard InChI is InChI=1S/C23H16FN2O2/c1-25-13-26(12-16-8-4-5-9-19(16)24)21-20(25)22(27)17-10-14-6-2-3-7-15(14)11-18(17)23(21)28/h2-11,13H,12H2,1H3/q+1. The lowest BCUT2D eigenvalue weighted by atomic mass is 9.87. The molecule has 0 amide bonds. The number of benzene rings is 3. The normalized spacial score (nSPS) is 12.9. The largest absolute Gasteiger partial charge is 0.284 e. The Kier molecular flexibility index (Phi) is 3.52. The summed E-state index contributed by atoms with van der Waals surface area (Å²) in [7, 11) is 1.73. The third-order valence-corrected chi connectivity index (χ3v) is 5.28. The minimum atomic E-state index is -0.339. The van der Waals surface area contributed by atoms with Gasteiger partial charge in [-0.15, -0.1) is 0 Å². The molecule has 4 aromatic rings. The Morgan fingerprint density at radius 2 is 1.50 bits per heavy atom. The fourth-order valence-electron chi connectivity index (χ4n) is 3.93. The van der Waals surface area contributed by atoms with E-state index >= 15 is 0 Å². The average molecular weight is 371 g/mol. The first-order chi connectivity index (χ1) is 13.5. The summed E-state index contributed by atoms with van der Waals surface area (Å²) < 4.78 is 17.4. The molecule has 0 radical (unpaired) electrons. The fourth-order valence-corrected chi connectivity index (χ4v) is 3.93. The summed E-state index contributed by atoms with van der Waals surface area (Å²) in [4.78, 5) is 26.5. The van der Waals surface area contributed by atoms with Crippen LogP contribution in [0.4, 0.5) is 4.39 Å². The number of rotatable bonds is 2. The van der Waals surface area contributed by atoms with Gasteiger partial charge in [0.25, 0.3) is 0 Å². The van der Waals surface area contributed by atoms with Crippen LogP contribution in [0.3, 0.4) is 0 Å². The summed E-state index contributed by atoms with van der Waals surface area (Å²) in [6.45, 7) is 0.178. The number of aryl methyl sites for hydroxylation is 1. The van der Waals surface area contributed by atoms with Gasteiger partial charge in [0.1, 0.15) is 12.4 Å². The number of carbonyl (C=O) groups is 2. The molecule has 0 unspecified atom stereocenters. The summed E-state index contributed by atoms with van der Waals surface area (Å²) >= 11 is 0. The van der Waals surface area contributed by atoms with Crippen molar-refractivity contribution in [2.45, 2.75) is 6.54 Å². The molecule has 5 heteroatoms. The van der Waals surface area contributed by atoms with Gasteiger partial charge in [-0.1, -0.05) is 42.5 Å². The summed E-state index contributed by atoms with van der Waals surface area (Å²) in [5.41, 5.74) is 1.91. The van der Waals surface area contributed by atoms with Gasteiger partial charge in [-0.3, -0.25) is 9.59 Å². The Balaban J connectivity index is 1.70. The minimum absolute atomic E-state index is 0.178. The van der Waals surface area contributed by atoms with Crippen LogP contribution in [0.5, 0.6) is 0 Å². The lowest BCUT2D eigenvalue weighted by Crippen LogP contribution is -2.36. The summed E-state index contributed by atoms with van der Waals surface area (Å²) in [5, 5.41) is 1.82. The number of halogens is 1. The first-order valence-electron chi connectivity index (χ1n) is 8.99. The van der Waals surface area contributed by atoms with Gasteiger partial charge in [0.2, 0.25) is 29.3 Å². The number of imidazole rings is 1. The lowest BCUT2D eigenvalue weighted by molar-refractivity contribution is -0.672. The van der Waals surface area contributed by atoms with Crippen LogP contribution in [0.25, 0.3) is 10.8 Å². The predicted molar refractivity (Wildman–Crippen MR) is 102 cm³/mol. The molecule has 0 saturated carbocycles. The van der Waals surface area contributed by atoms with Crippen molar-refractivity contribution in [3.8, 4) is 0 Å². The predicted octanol–water partition coefficient (Wildman–Crippen LogP) is 3.43. The van der Waals surface area contributed by atoms with Crippen LogP contribution in [0.2, 0.25) is 0 Å². The van der Waals surface area contributed by atoms with Crippen LogP contribution in [-0.4, -0.2) is 16.1 Å². The Labute approximate surface area is 160 Å². The lowest BCUT2D eigenvalue weighted by Gasteiger charge is -2.14. The Morgan fingerprint density at radius 3 is 2.18 bits per heavy atom. The van der Waals surface area contributed by atoms with Crippen molar-refractivity contribution in [2.24, 2.45) is 7.05 Å². The van der Waals surface area contributed by atoms with E-state index < -0.39 is 0 Å². The van der Waals surface area contributed by atoms with Crippen molar-refractivity contribution >= 4 is 22.3 Å². The van der Waals surface area contributed by atoms with E-state index in [-0.39, 0.29) is 23.9 Å². The van der Waals surface area contributed by atoms with Crippen molar-refractivity contribution in [1.82, 2.24) is 4.57 Å². The third kappa shape index (κ3) is 2.33. The van der Waals surface area contributed by atoms with Crippen molar-refractivity contribution in [3.05, 3.63) is 101 Å². The molecule has 1 aliphatic rings. The maximum absolute atomic E-state index is 14.1. The third-order valence-electron chi connectivity index (χ3n) is 5.28. The maximum Gasteiger partial charge on any atom is 0.245 e. The van der Waals surface area contributed by atoms with Crippen LogP contribution in [-0.2, 0) is 13.6 Å². The van der Waals surface area contributed by atoms with Crippen LogP contribution >= 0.6 is 0 Å². The van der Waals surface area contributed by atoms with Gasteiger partial charge in [-0.05, 0) is 29.0 Å². The van der Waals surface area contributed by atoms with Crippen molar-refractivity contribution < 1.29 is 18.5 Å². The van der Waals surface area contributed by atoms with E-state index in [0.29, 0.717) is 28.1 Å². The van der Waals surface area contributed by atoms with E-state index in [1.165, 1.54) is 6.07 Å². The van der Waals surface area contributed by atoms with E-state index in [0.717, 1.165) is 10.8 Å². The second kappa shape index (κ2) is 5.96. The zero-order valence-electron chi connectivity index (χ0n) is 15.1. The monoisotopic (exact) mass is 371 g/mol. The molecule has 1 aliphatic carbocycles. The van der Waals surface area contributed by atoms with Gasteiger partial charge in [0.05, 0.1) is 7.05 Å². The van der Waals surface area contributed by atoms with Crippen molar-refractivity contribution in [3.63, 3.8) is 0 Å². The molecular weight excluding hydrogens is 355 g/mol. The van der Waals surface area contributed by atoms with Crippen molar-refractivity contribution in [2.75, 3.05) is 0 Å². The smallest absolute Gasteiger partial charge is 0.245 e. The van der Waals surface area contributed by atoms with E-state index in [1.807, 2.05) is 24.3 Å². The molecule has 136 valence electrons. The number of carbonyl (C=O) groups excluding carboxylic acids is 2. The summed E-state index contributed by atoms with van der Waals surface area (Å²) in [6, 6.07) is 17.6. The highest BCUT2D eigenvalue weighted by molar-refractivity contribution is 6.27. The van der Waals surface area contributed by atoms with E-state index in [9.17, 15) is 14.0 Å². The molecule has 0 bridgehead atoms. The molecule has 0 aliphatic heterocycles. The zero-order chi connectivity index (χ0) is 19.4. The Morgan fingerprint density at radius 1 is 0.893 bits per heavy atom. The average Bonchev–Trinajstić information content (AvgIpc) is 3.03. The second-order valence-corrected chi connectivity index (χ2v) is 7.05. The number of nitrogens with zero attached hydrogens (tertiary/aromatic N) is 2. The van der Waals surface area contributed by atoms with Crippen LogP contribution < -0.4 is 4.57 Å². The number of hydrogen-bond donors (Lipinski definition) is 0. The molecule has 1 heterocycles. The topological polar surface area (TPSA) is 43.0 Å². The van der Waals surface area contributed by atoms with E-state index in [4.69, 9.17) is 0 Å². The van der Waals surface area contributed by atoms with E-state index in [2.05, 4.69) is 0 Å².